The molecule has 3 aromatic heterocycles. The molecule has 0 saturated carbocycles. The number of pyridine rings is 2. The Balaban J connectivity index is 1.60. The van der Waals surface area contributed by atoms with Gasteiger partial charge < -0.3 is 14.5 Å². The molecule has 0 radical (unpaired) electrons. The van der Waals surface area contributed by atoms with Gasteiger partial charge in [-0.2, -0.15) is 0 Å². The van der Waals surface area contributed by atoms with E-state index in [4.69, 9.17) is 9.47 Å². The lowest BCUT2D eigenvalue weighted by Gasteiger charge is -2.20. The lowest BCUT2D eigenvalue weighted by Crippen LogP contribution is -2.36. The van der Waals surface area contributed by atoms with Crippen molar-refractivity contribution in [1.82, 2.24) is 19.7 Å². The van der Waals surface area contributed by atoms with Crippen molar-refractivity contribution < 1.29 is 17.9 Å². The van der Waals surface area contributed by atoms with E-state index in [1.54, 1.807) is 37.7 Å². The average Bonchev–Trinajstić information content (AvgIpc) is 3.28. The predicted octanol–water partition coefficient (Wildman–Crippen LogP) is 1.77. The van der Waals surface area contributed by atoms with Crippen LogP contribution in [0.3, 0.4) is 0 Å². The Kier molecular flexibility index (Phi) is 4.35. The highest BCUT2D eigenvalue weighted by Crippen LogP contribution is 2.31. The van der Waals surface area contributed by atoms with E-state index < -0.39 is 16.1 Å². The van der Waals surface area contributed by atoms with Crippen LogP contribution in [0.25, 0.3) is 11.0 Å². The van der Waals surface area contributed by atoms with E-state index in [1.807, 2.05) is 6.07 Å². The van der Waals surface area contributed by atoms with Crippen molar-refractivity contribution in [2.24, 2.45) is 0 Å². The first-order chi connectivity index (χ1) is 12.6. The number of nitrogens with zero attached hydrogens (tertiary/aromatic N) is 2. The fraction of sp³-hybridized carbons (Fsp3) is 0.294. The Bertz CT molecular complexity index is 1020. The molecule has 0 aliphatic carbocycles. The molecule has 1 fully saturated rings. The maximum atomic E-state index is 12.9. The zero-order valence-corrected chi connectivity index (χ0v) is 14.9. The summed E-state index contributed by atoms with van der Waals surface area (Å²) in [5, 5.41) is 0.557. The fourth-order valence-electron chi connectivity index (χ4n) is 3.14. The Morgan fingerprint density at radius 2 is 2.19 bits per heavy atom. The molecule has 136 valence electrons. The van der Waals surface area contributed by atoms with Crippen LogP contribution in [0.1, 0.15) is 18.1 Å². The average molecular weight is 374 g/mol. The molecule has 8 nitrogen and oxygen atoms in total. The normalized spacial score (nSPS) is 20.5. The number of ether oxygens (including phenoxy) is 2. The van der Waals surface area contributed by atoms with Crippen molar-refractivity contribution in [1.29, 1.82) is 0 Å². The van der Waals surface area contributed by atoms with Gasteiger partial charge in [-0.3, -0.25) is 0 Å². The van der Waals surface area contributed by atoms with Crippen LogP contribution < -0.4 is 9.46 Å². The van der Waals surface area contributed by atoms with Gasteiger partial charge in [-0.1, -0.05) is 0 Å². The Hall–Kier alpha value is -2.49. The number of nitrogens with one attached hydrogen (secondary N) is 2. The number of hydrogen-bond acceptors (Lipinski definition) is 6. The number of fused-ring (bicyclic) bond motifs is 1. The largest absolute Gasteiger partial charge is 0.481 e. The van der Waals surface area contributed by atoms with E-state index >= 15 is 0 Å². The molecule has 2 atom stereocenters. The standard InChI is InChI=1S/C17H18N4O4S/c1-24-15-5-4-11(9-19-15)16-13(6-8-25-16)21-26(22,23)14-10-20-17-12(14)3-2-7-18-17/h2-5,7,9-10,13,16,21H,6,8H2,1H3,(H,18,20)/t13-,16+/m0/s1. The molecule has 3 aromatic rings. The van der Waals surface area contributed by atoms with Crippen LogP contribution in [-0.2, 0) is 14.8 Å². The van der Waals surface area contributed by atoms with Crippen molar-refractivity contribution >= 4 is 21.1 Å². The van der Waals surface area contributed by atoms with Crippen LogP contribution in [0.4, 0.5) is 0 Å². The molecular weight excluding hydrogens is 356 g/mol. The third-order valence-corrected chi connectivity index (χ3v) is 5.93. The molecule has 0 aromatic carbocycles. The van der Waals surface area contributed by atoms with Gasteiger partial charge in [0.2, 0.25) is 15.9 Å². The molecule has 2 N–H and O–H groups in total. The van der Waals surface area contributed by atoms with E-state index in [9.17, 15) is 8.42 Å². The van der Waals surface area contributed by atoms with Crippen molar-refractivity contribution in [3.63, 3.8) is 0 Å². The van der Waals surface area contributed by atoms with Gasteiger partial charge in [-0.15, -0.1) is 0 Å². The Morgan fingerprint density at radius 1 is 1.31 bits per heavy atom. The summed E-state index contributed by atoms with van der Waals surface area (Å²) in [6, 6.07) is 6.62. The Morgan fingerprint density at radius 3 is 2.96 bits per heavy atom. The summed E-state index contributed by atoms with van der Waals surface area (Å²) in [7, 11) is -2.18. The van der Waals surface area contributed by atoms with Gasteiger partial charge in [0.25, 0.3) is 0 Å². The van der Waals surface area contributed by atoms with Gasteiger partial charge >= 0.3 is 0 Å². The van der Waals surface area contributed by atoms with Gasteiger partial charge in [-0.25, -0.2) is 23.1 Å². The zero-order chi connectivity index (χ0) is 18.1. The van der Waals surface area contributed by atoms with E-state index in [-0.39, 0.29) is 10.9 Å². The minimum absolute atomic E-state index is 0.180. The molecule has 1 saturated heterocycles. The quantitative estimate of drug-likeness (QED) is 0.705. The zero-order valence-electron chi connectivity index (χ0n) is 14.0. The third-order valence-electron chi connectivity index (χ3n) is 4.40. The van der Waals surface area contributed by atoms with Crippen LogP contribution in [0.5, 0.6) is 5.88 Å². The second kappa shape index (κ2) is 6.67. The minimum Gasteiger partial charge on any atom is -0.481 e. The number of rotatable bonds is 5. The summed E-state index contributed by atoms with van der Waals surface area (Å²) in [5.74, 6) is 0.496. The van der Waals surface area contributed by atoms with Crippen molar-refractivity contribution in [2.75, 3.05) is 13.7 Å². The summed E-state index contributed by atoms with van der Waals surface area (Å²) in [6.45, 7) is 0.472. The first-order valence-corrected chi connectivity index (χ1v) is 9.63. The Labute approximate surface area is 150 Å². The summed E-state index contributed by atoms with van der Waals surface area (Å²) in [4.78, 5) is 11.4. The molecular formula is C17H18N4O4S. The summed E-state index contributed by atoms with van der Waals surface area (Å²) in [5.41, 5.74) is 1.34. The second-order valence-electron chi connectivity index (χ2n) is 5.99. The topological polar surface area (TPSA) is 106 Å². The summed E-state index contributed by atoms with van der Waals surface area (Å²) >= 11 is 0. The molecule has 9 heteroatoms. The number of aromatic amines is 1. The maximum absolute atomic E-state index is 12.9. The number of sulfonamides is 1. The number of hydrogen-bond donors (Lipinski definition) is 2. The third kappa shape index (κ3) is 3.05. The maximum Gasteiger partial charge on any atom is 0.243 e. The molecule has 26 heavy (non-hydrogen) atoms. The van der Waals surface area contributed by atoms with Crippen LogP contribution in [-0.4, -0.2) is 43.1 Å². The molecule has 1 aliphatic rings. The van der Waals surface area contributed by atoms with Crippen molar-refractivity contribution in [3.8, 4) is 5.88 Å². The van der Waals surface area contributed by atoms with E-state index in [0.29, 0.717) is 29.9 Å². The van der Waals surface area contributed by atoms with Crippen LogP contribution >= 0.6 is 0 Å². The molecule has 0 amide bonds. The summed E-state index contributed by atoms with van der Waals surface area (Å²) < 4.78 is 39.4. The van der Waals surface area contributed by atoms with Crippen LogP contribution in [0.15, 0.2) is 47.8 Å². The molecule has 1 aliphatic heterocycles. The van der Waals surface area contributed by atoms with Gasteiger partial charge in [-0.05, 0) is 24.6 Å². The number of aromatic nitrogens is 3. The monoisotopic (exact) mass is 374 g/mol. The van der Waals surface area contributed by atoms with E-state index in [1.165, 1.54) is 6.20 Å². The highest BCUT2D eigenvalue weighted by molar-refractivity contribution is 7.89. The van der Waals surface area contributed by atoms with Gasteiger partial charge in [0.05, 0.1) is 13.2 Å². The van der Waals surface area contributed by atoms with E-state index in [0.717, 1.165) is 5.56 Å². The van der Waals surface area contributed by atoms with Crippen LogP contribution in [0.2, 0.25) is 0 Å². The van der Waals surface area contributed by atoms with Gasteiger partial charge in [0.15, 0.2) is 0 Å². The SMILES string of the molecule is COc1ccc([C@H]2OCC[C@@H]2NS(=O)(=O)c2c[nH]c3ncccc23)cn1. The second-order valence-corrected chi connectivity index (χ2v) is 7.68. The van der Waals surface area contributed by atoms with E-state index in [2.05, 4.69) is 19.7 Å². The molecule has 0 bridgehead atoms. The minimum atomic E-state index is -3.73. The highest BCUT2D eigenvalue weighted by atomic mass is 32.2. The predicted molar refractivity (Wildman–Crippen MR) is 94.3 cm³/mol. The molecule has 0 spiro atoms. The molecule has 4 heterocycles. The smallest absolute Gasteiger partial charge is 0.243 e. The van der Waals surface area contributed by atoms with Crippen molar-refractivity contribution in [3.05, 3.63) is 48.4 Å². The molecule has 0 unspecified atom stereocenters. The fourth-order valence-corrected chi connectivity index (χ4v) is 4.57. The number of methoxy groups -OCH3 is 1. The van der Waals surface area contributed by atoms with Crippen molar-refractivity contribution in [2.45, 2.75) is 23.5 Å². The first-order valence-electron chi connectivity index (χ1n) is 8.14. The lowest BCUT2D eigenvalue weighted by atomic mass is 10.1. The van der Waals surface area contributed by atoms with Gasteiger partial charge in [0.1, 0.15) is 16.6 Å². The number of H-pyrrole nitrogens is 1. The van der Waals surface area contributed by atoms with Crippen LogP contribution in [0, 0.1) is 0 Å². The summed E-state index contributed by atoms with van der Waals surface area (Å²) in [6.07, 6.45) is 4.90. The highest BCUT2D eigenvalue weighted by Gasteiger charge is 2.34. The van der Waals surface area contributed by atoms with Gasteiger partial charge in [0, 0.05) is 42.2 Å². The first kappa shape index (κ1) is 17.0. The molecule has 4 rings (SSSR count). The lowest BCUT2D eigenvalue weighted by molar-refractivity contribution is 0.102.